The average Bonchev–Trinajstić information content (AvgIpc) is 3.58. The maximum absolute atomic E-state index is 14.4. The topological polar surface area (TPSA) is 87.7 Å². The molecule has 210 valence electrons. The number of nitrogens with one attached hydrogen (secondary N) is 2. The first kappa shape index (κ1) is 26.9. The molecule has 0 aromatic heterocycles. The van der Waals surface area contributed by atoms with Crippen molar-refractivity contribution >= 4 is 35.2 Å². The third-order valence-electron chi connectivity index (χ3n) is 10.2. The maximum atomic E-state index is 14.4. The van der Waals surface area contributed by atoms with Crippen LogP contribution in [0.4, 0.5) is 5.69 Å². The Bertz CT molecular complexity index is 1170. The lowest BCUT2D eigenvalue weighted by Gasteiger charge is -2.44. The Kier molecular flexibility index (Phi) is 7.29. The SMILES string of the molecule is CSc1cccc(NC(=O)[C@@H]2[C@@H]3C=C[C@]4(O3)[C@@H]2C(=O)N([C@@H]2CCC[C@@H](C)[C@H]2C)[C@H]4C(=O)NC2CCCCC2)c1. The summed E-state index contributed by atoms with van der Waals surface area (Å²) in [5.41, 5.74) is -0.402. The van der Waals surface area contributed by atoms with E-state index in [0.29, 0.717) is 11.6 Å². The molecule has 8 atom stereocenters. The van der Waals surface area contributed by atoms with E-state index in [-0.39, 0.29) is 35.7 Å². The Morgan fingerprint density at radius 1 is 1.05 bits per heavy atom. The normalized spacial score (nSPS) is 37.7. The second-order valence-electron chi connectivity index (χ2n) is 12.3. The van der Waals surface area contributed by atoms with Crippen molar-refractivity contribution in [2.24, 2.45) is 23.7 Å². The minimum absolute atomic E-state index is 0.0404. The number of carbonyl (C=O) groups excluding carboxylic acids is 3. The van der Waals surface area contributed by atoms with E-state index < -0.39 is 29.6 Å². The van der Waals surface area contributed by atoms with Crippen molar-refractivity contribution in [3.05, 3.63) is 36.4 Å². The number of hydrogen-bond acceptors (Lipinski definition) is 5. The van der Waals surface area contributed by atoms with E-state index in [1.807, 2.05) is 47.6 Å². The Hall–Kier alpha value is -2.32. The number of anilines is 1. The molecule has 1 aromatic rings. The summed E-state index contributed by atoms with van der Waals surface area (Å²) in [6, 6.07) is 7.06. The zero-order chi connectivity index (χ0) is 27.3. The van der Waals surface area contributed by atoms with Crippen LogP contribution in [0.25, 0.3) is 0 Å². The van der Waals surface area contributed by atoms with Gasteiger partial charge in [0.2, 0.25) is 17.7 Å². The van der Waals surface area contributed by atoms with Crippen LogP contribution in [0.15, 0.2) is 41.3 Å². The lowest BCUT2D eigenvalue weighted by molar-refractivity contribution is -0.146. The molecule has 2 N–H and O–H groups in total. The van der Waals surface area contributed by atoms with Crippen molar-refractivity contribution in [1.29, 1.82) is 0 Å². The van der Waals surface area contributed by atoms with Gasteiger partial charge < -0.3 is 20.3 Å². The van der Waals surface area contributed by atoms with Gasteiger partial charge in [-0.2, -0.15) is 0 Å². The third kappa shape index (κ3) is 4.51. The van der Waals surface area contributed by atoms with Gasteiger partial charge in [0.05, 0.1) is 17.9 Å². The van der Waals surface area contributed by atoms with Crippen LogP contribution in [0.5, 0.6) is 0 Å². The quantitative estimate of drug-likeness (QED) is 0.393. The molecule has 1 spiro atoms. The van der Waals surface area contributed by atoms with Crippen LogP contribution in [0.1, 0.15) is 65.2 Å². The molecular weight excluding hydrogens is 510 g/mol. The van der Waals surface area contributed by atoms with Crippen molar-refractivity contribution in [3.8, 4) is 0 Å². The molecule has 1 aromatic carbocycles. The van der Waals surface area contributed by atoms with E-state index in [1.54, 1.807) is 11.8 Å². The summed E-state index contributed by atoms with van der Waals surface area (Å²) >= 11 is 1.61. The highest BCUT2D eigenvalue weighted by Gasteiger charge is 2.73. The van der Waals surface area contributed by atoms with Crippen LogP contribution in [0.2, 0.25) is 0 Å². The van der Waals surface area contributed by atoms with E-state index >= 15 is 0 Å². The van der Waals surface area contributed by atoms with E-state index in [1.165, 1.54) is 6.42 Å². The van der Waals surface area contributed by atoms with Crippen molar-refractivity contribution in [3.63, 3.8) is 0 Å². The van der Waals surface area contributed by atoms with E-state index in [0.717, 1.165) is 49.8 Å². The number of nitrogens with zero attached hydrogens (tertiary/aromatic N) is 1. The lowest BCUT2D eigenvalue weighted by Crippen LogP contribution is -2.60. The summed E-state index contributed by atoms with van der Waals surface area (Å²) in [6.45, 7) is 4.45. The van der Waals surface area contributed by atoms with Crippen LogP contribution in [-0.4, -0.2) is 58.7 Å². The van der Waals surface area contributed by atoms with Crippen LogP contribution in [0.3, 0.4) is 0 Å². The van der Waals surface area contributed by atoms with Crippen LogP contribution >= 0.6 is 11.8 Å². The van der Waals surface area contributed by atoms with E-state index in [2.05, 4.69) is 24.5 Å². The molecule has 0 unspecified atom stereocenters. The number of likely N-dealkylation sites (tertiary alicyclic amines) is 1. The first-order valence-corrected chi connectivity index (χ1v) is 16.0. The van der Waals surface area contributed by atoms with Gasteiger partial charge in [-0.1, -0.05) is 64.2 Å². The summed E-state index contributed by atoms with van der Waals surface area (Å²) in [5, 5.41) is 6.37. The number of thioether (sulfide) groups is 1. The molecule has 2 saturated heterocycles. The number of ether oxygens (including phenoxy) is 1. The largest absolute Gasteiger partial charge is 0.359 e. The molecule has 39 heavy (non-hydrogen) atoms. The Balaban J connectivity index is 1.33. The van der Waals surface area contributed by atoms with E-state index in [4.69, 9.17) is 4.74 Å². The molecule has 2 bridgehead atoms. The van der Waals surface area contributed by atoms with Gasteiger partial charge in [0.1, 0.15) is 11.6 Å². The molecule has 6 rings (SSSR count). The third-order valence-corrected chi connectivity index (χ3v) is 10.9. The van der Waals surface area contributed by atoms with Crippen LogP contribution < -0.4 is 10.6 Å². The minimum Gasteiger partial charge on any atom is -0.359 e. The van der Waals surface area contributed by atoms with E-state index in [9.17, 15) is 14.4 Å². The van der Waals surface area contributed by atoms with Gasteiger partial charge in [-0.15, -0.1) is 11.8 Å². The number of amides is 3. The fourth-order valence-corrected chi connectivity index (χ4v) is 8.42. The molecule has 8 heteroatoms. The molecule has 0 radical (unpaired) electrons. The first-order chi connectivity index (χ1) is 18.8. The molecule has 3 amide bonds. The highest BCUT2D eigenvalue weighted by atomic mass is 32.2. The van der Waals surface area contributed by atoms with Gasteiger partial charge >= 0.3 is 0 Å². The molecular formula is C31H41N3O4S. The van der Waals surface area contributed by atoms with Gasteiger partial charge in [0, 0.05) is 22.7 Å². The zero-order valence-corrected chi connectivity index (χ0v) is 24.0. The first-order valence-electron chi connectivity index (χ1n) is 14.8. The van der Waals surface area contributed by atoms with Gasteiger partial charge in [-0.3, -0.25) is 14.4 Å². The Morgan fingerprint density at radius 3 is 2.62 bits per heavy atom. The summed E-state index contributed by atoms with van der Waals surface area (Å²) in [5.74, 6) is -1.09. The van der Waals surface area contributed by atoms with Gasteiger partial charge in [-0.25, -0.2) is 0 Å². The molecule has 2 aliphatic carbocycles. The number of benzene rings is 1. The molecule has 3 aliphatic heterocycles. The summed E-state index contributed by atoms with van der Waals surface area (Å²) in [6.07, 6.45) is 13.7. The highest BCUT2D eigenvalue weighted by Crippen LogP contribution is 2.57. The zero-order valence-electron chi connectivity index (χ0n) is 23.2. The minimum atomic E-state index is -1.11. The number of rotatable bonds is 6. The summed E-state index contributed by atoms with van der Waals surface area (Å²) < 4.78 is 6.58. The monoisotopic (exact) mass is 551 g/mol. The second kappa shape index (κ2) is 10.6. The Morgan fingerprint density at radius 2 is 1.85 bits per heavy atom. The van der Waals surface area contributed by atoms with Gasteiger partial charge in [0.25, 0.3) is 0 Å². The highest BCUT2D eigenvalue weighted by molar-refractivity contribution is 7.98. The fraction of sp³-hybridized carbons (Fsp3) is 0.645. The van der Waals surface area contributed by atoms with Crippen LogP contribution in [0, 0.1) is 23.7 Å². The molecule has 3 heterocycles. The molecule has 5 aliphatic rings. The smallest absolute Gasteiger partial charge is 0.246 e. The lowest BCUT2D eigenvalue weighted by atomic mass is 9.74. The van der Waals surface area contributed by atoms with Crippen molar-refractivity contribution in [2.45, 2.75) is 99.9 Å². The summed E-state index contributed by atoms with van der Waals surface area (Å²) in [7, 11) is 0. The Labute approximate surface area is 235 Å². The molecule has 2 saturated carbocycles. The summed E-state index contributed by atoms with van der Waals surface area (Å²) in [4.78, 5) is 45.3. The predicted molar refractivity (Wildman–Crippen MR) is 152 cm³/mol. The fourth-order valence-electron chi connectivity index (χ4n) is 7.96. The number of hydrogen-bond donors (Lipinski definition) is 2. The standard InChI is InChI=1S/C31H41N3O4S/c1-18-9-7-14-23(19(18)2)34-27(29(36)32-20-10-5-4-6-11-20)31-16-15-24(38-31)25(26(31)30(34)37)28(35)33-21-12-8-13-22(17-21)39-3/h8,12-13,15-20,23-27H,4-7,9-11,14H2,1-3H3,(H,32,36)(H,33,35)/t18-,19-,23-,24+,25-,26+,27+,31+/m1/s1. The van der Waals surface area contributed by atoms with Crippen molar-refractivity contribution in [1.82, 2.24) is 10.2 Å². The van der Waals surface area contributed by atoms with Gasteiger partial charge in [0.15, 0.2) is 0 Å². The van der Waals surface area contributed by atoms with Crippen molar-refractivity contribution < 1.29 is 19.1 Å². The molecule has 7 nitrogen and oxygen atoms in total. The average molecular weight is 552 g/mol. The van der Waals surface area contributed by atoms with Crippen molar-refractivity contribution in [2.75, 3.05) is 11.6 Å². The second-order valence-corrected chi connectivity index (χ2v) is 13.2. The number of fused-ring (bicyclic) bond motifs is 1. The van der Waals surface area contributed by atoms with Gasteiger partial charge in [-0.05, 0) is 55.6 Å². The predicted octanol–water partition coefficient (Wildman–Crippen LogP) is 4.77. The maximum Gasteiger partial charge on any atom is 0.246 e. The molecule has 4 fully saturated rings. The van der Waals surface area contributed by atoms with Crippen LogP contribution in [-0.2, 0) is 19.1 Å². The number of carbonyl (C=O) groups is 3.